The Hall–Kier alpha value is -2.37. The molecule has 21 heavy (non-hydrogen) atoms. The van der Waals surface area contributed by atoms with Gasteiger partial charge < -0.3 is 4.40 Å². The van der Waals surface area contributed by atoms with Crippen LogP contribution >= 0.6 is 0 Å². The van der Waals surface area contributed by atoms with Crippen LogP contribution in [0.15, 0.2) is 42.7 Å². The van der Waals surface area contributed by atoms with E-state index in [9.17, 15) is 17.6 Å². The Balaban J connectivity index is 2.10. The van der Waals surface area contributed by atoms with Gasteiger partial charge in [0.05, 0.1) is 11.3 Å². The first-order chi connectivity index (χ1) is 9.84. The molecular weight excluding hydrogens is 284 g/mol. The fourth-order valence-electron chi connectivity index (χ4n) is 2.10. The Labute approximate surface area is 117 Å². The molecule has 0 fully saturated rings. The Bertz CT molecular complexity index is 818. The number of hydrogen-bond donors (Lipinski definition) is 0. The molecule has 0 bridgehead atoms. The molecule has 6 heteroatoms. The van der Waals surface area contributed by atoms with Crippen molar-refractivity contribution in [1.29, 1.82) is 0 Å². The highest BCUT2D eigenvalue weighted by Crippen LogP contribution is 2.30. The summed E-state index contributed by atoms with van der Waals surface area (Å²) in [4.78, 5) is 4.25. The van der Waals surface area contributed by atoms with Crippen molar-refractivity contribution in [2.75, 3.05) is 0 Å². The fraction of sp³-hybridized carbons (Fsp3) is 0.133. The van der Waals surface area contributed by atoms with E-state index in [4.69, 9.17) is 0 Å². The third kappa shape index (κ3) is 2.49. The van der Waals surface area contributed by atoms with Gasteiger partial charge in [-0.25, -0.2) is 9.37 Å². The molecule has 108 valence electrons. The summed E-state index contributed by atoms with van der Waals surface area (Å²) in [5.74, 6) is -0.332. The van der Waals surface area contributed by atoms with E-state index in [-0.39, 0.29) is 5.82 Å². The molecule has 1 aromatic carbocycles. The lowest BCUT2D eigenvalue weighted by atomic mass is 10.1. The van der Waals surface area contributed by atoms with Gasteiger partial charge in [0, 0.05) is 18.0 Å². The smallest absolute Gasteiger partial charge is 0.306 e. The van der Waals surface area contributed by atoms with Crippen molar-refractivity contribution in [1.82, 2.24) is 9.38 Å². The van der Waals surface area contributed by atoms with Crippen LogP contribution < -0.4 is 0 Å². The van der Waals surface area contributed by atoms with Crippen LogP contribution in [0.5, 0.6) is 0 Å². The Morgan fingerprint density at radius 3 is 2.48 bits per heavy atom. The second-order valence-corrected chi connectivity index (χ2v) is 4.77. The molecule has 0 saturated heterocycles. The average molecular weight is 294 g/mol. The maximum atomic E-state index is 13.3. The second kappa shape index (κ2) is 4.58. The molecule has 2 nitrogen and oxygen atoms in total. The van der Waals surface area contributed by atoms with E-state index in [1.165, 1.54) is 22.7 Å². The highest BCUT2D eigenvalue weighted by Gasteiger charge is 2.30. The number of benzene rings is 1. The molecule has 0 atom stereocenters. The molecule has 2 aromatic heterocycles. The number of rotatable bonds is 1. The van der Waals surface area contributed by atoms with Gasteiger partial charge in [0.2, 0.25) is 0 Å². The minimum Gasteiger partial charge on any atom is -0.306 e. The molecule has 0 radical (unpaired) electrons. The van der Waals surface area contributed by atoms with E-state index in [1.54, 1.807) is 19.1 Å². The fourth-order valence-corrected chi connectivity index (χ4v) is 2.10. The van der Waals surface area contributed by atoms with Crippen molar-refractivity contribution in [3.8, 4) is 11.3 Å². The molecule has 0 unspecified atom stereocenters. The van der Waals surface area contributed by atoms with Crippen LogP contribution in [0.25, 0.3) is 16.9 Å². The number of imidazole rings is 1. The van der Waals surface area contributed by atoms with Crippen molar-refractivity contribution in [3.05, 3.63) is 59.7 Å². The molecule has 0 amide bonds. The standard InChI is InChI=1S/C15H10F4N2/c1-9-6-10(2-4-12(9)16)13-8-21-7-11(15(17,18)19)3-5-14(21)20-13/h2-8H,1H3. The van der Waals surface area contributed by atoms with E-state index >= 15 is 0 Å². The van der Waals surface area contributed by atoms with Gasteiger partial charge in [-0.3, -0.25) is 0 Å². The van der Waals surface area contributed by atoms with Crippen LogP contribution in [-0.2, 0) is 6.18 Å². The number of pyridine rings is 1. The summed E-state index contributed by atoms with van der Waals surface area (Å²) >= 11 is 0. The maximum Gasteiger partial charge on any atom is 0.417 e. The van der Waals surface area contributed by atoms with Crippen LogP contribution in [0.3, 0.4) is 0 Å². The topological polar surface area (TPSA) is 17.3 Å². The van der Waals surface area contributed by atoms with Crippen LogP contribution in [0.4, 0.5) is 17.6 Å². The number of aromatic nitrogens is 2. The lowest BCUT2D eigenvalue weighted by Crippen LogP contribution is -2.05. The van der Waals surface area contributed by atoms with Gasteiger partial charge in [0.1, 0.15) is 11.5 Å². The maximum absolute atomic E-state index is 13.3. The molecular formula is C15H10F4N2. The normalized spacial score (nSPS) is 12.0. The number of aryl methyl sites for hydroxylation is 1. The Morgan fingerprint density at radius 2 is 1.81 bits per heavy atom. The number of nitrogens with zero attached hydrogens (tertiary/aromatic N) is 2. The first-order valence-electron chi connectivity index (χ1n) is 6.17. The summed E-state index contributed by atoms with van der Waals surface area (Å²) < 4.78 is 52.6. The van der Waals surface area contributed by atoms with E-state index in [0.717, 1.165) is 12.3 Å². The SMILES string of the molecule is Cc1cc(-c2cn3cc(C(F)(F)F)ccc3n2)ccc1F. The molecule has 0 aliphatic carbocycles. The van der Waals surface area contributed by atoms with Crippen molar-refractivity contribution < 1.29 is 17.6 Å². The third-order valence-corrected chi connectivity index (χ3v) is 3.23. The van der Waals surface area contributed by atoms with Crippen molar-refractivity contribution >= 4 is 5.65 Å². The minimum absolute atomic E-state index is 0.332. The van der Waals surface area contributed by atoms with Crippen molar-refractivity contribution in [3.63, 3.8) is 0 Å². The molecule has 0 saturated carbocycles. The average Bonchev–Trinajstić information content (AvgIpc) is 2.83. The van der Waals surface area contributed by atoms with Crippen LogP contribution in [0.2, 0.25) is 0 Å². The highest BCUT2D eigenvalue weighted by atomic mass is 19.4. The lowest BCUT2D eigenvalue weighted by Gasteiger charge is -2.05. The van der Waals surface area contributed by atoms with Gasteiger partial charge in [-0.05, 0) is 42.8 Å². The van der Waals surface area contributed by atoms with Gasteiger partial charge in [-0.2, -0.15) is 13.2 Å². The summed E-state index contributed by atoms with van der Waals surface area (Å²) in [5.41, 5.74) is 1.28. The van der Waals surface area contributed by atoms with Crippen LogP contribution in [0, 0.1) is 12.7 Å². The Kier molecular flexibility index (Phi) is 2.97. The molecule has 3 rings (SSSR count). The zero-order chi connectivity index (χ0) is 15.2. The van der Waals surface area contributed by atoms with Gasteiger partial charge in [-0.15, -0.1) is 0 Å². The molecule has 0 N–H and O–H groups in total. The largest absolute Gasteiger partial charge is 0.417 e. The number of halogens is 4. The third-order valence-electron chi connectivity index (χ3n) is 3.23. The predicted molar refractivity (Wildman–Crippen MR) is 70.3 cm³/mol. The Morgan fingerprint density at radius 1 is 1.05 bits per heavy atom. The predicted octanol–water partition coefficient (Wildman–Crippen LogP) is 4.47. The molecule has 0 spiro atoms. The zero-order valence-corrected chi connectivity index (χ0v) is 10.9. The molecule has 0 aliphatic heterocycles. The van der Waals surface area contributed by atoms with E-state index in [2.05, 4.69) is 4.98 Å². The molecule has 2 heterocycles. The number of fused-ring (bicyclic) bond motifs is 1. The summed E-state index contributed by atoms with van der Waals surface area (Å²) in [6.07, 6.45) is -1.91. The van der Waals surface area contributed by atoms with Crippen LogP contribution in [0.1, 0.15) is 11.1 Å². The van der Waals surface area contributed by atoms with E-state index < -0.39 is 11.7 Å². The van der Waals surface area contributed by atoms with Crippen molar-refractivity contribution in [2.45, 2.75) is 13.1 Å². The quantitative estimate of drug-likeness (QED) is 0.605. The molecule has 3 aromatic rings. The highest BCUT2D eigenvalue weighted by molar-refractivity contribution is 5.63. The minimum atomic E-state index is -4.40. The summed E-state index contributed by atoms with van der Waals surface area (Å²) in [7, 11) is 0. The molecule has 0 aliphatic rings. The summed E-state index contributed by atoms with van der Waals surface area (Å²) in [6.45, 7) is 1.62. The van der Waals surface area contributed by atoms with Crippen molar-refractivity contribution in [2.24, 2.45) is 0 Å². The van der Waals surface area contributed by atoms with Gasteiger partial charge >= 0.3 is 6.18 Å². The first kappa shape index (κ1) is 13.6. The monoisotopic (exact) mass is 294 g/mol. The van der Waals surface area contributed by atoms with E-state index in [1.807, 2.05) is 0 Å². The number of alkyl halides is 3. The van der Waals surface area contributed by atoms with E-state index in [0.29, 0.717) is 22.5 Å². The van der Waals surface area contributed by atoms with Gasteiger partial charge in [0.25, 0.3) is 0 Å². The lowest BCUT2D eigenvalue weighted by molar-refractivity contribution is -0.137. The van der Waals surface area contributed by atoms with Gasteiger partial charge in [0.15, 0.2) is 0 Å². The van der Waals surface area contributed by atoms with Gasteiger partial charge in [-0.1, -0.05) is 0 Å². The first-order valence-corrected chi connectivity index (χ1v) is 6.17. The second-order valence-electron chi connectivity index (χ2n) is 4.77. The van der Waals surface area contributed by atoms with Crippen LogP contribution in [-0.4, -0.2) is 9.38 Å². The summed E-state index contributed by atoms with van der Waals surface area (Å²) in [6, 6.07) is 6.77. The summed E-state index contributed by atoms with van der Waals surface area (Å²) in [5, 5.41) is 0. The zero-order valence-electron chi connectivity index (χ0n) is 10.9. The number of hydrogen-bond acceptors (Lipinski definition) is 1.